The van der Waals surface area contributed by atoms with Crippen molar-refractivity contribution in [2.75, 3.05) is 0 Å². The van der Waals surface area contributed by atoms with Gasteiger partial charge in [0.2, 0.25) is 0 Å². The lowest BCUT2D eigenvalue weighted by atomic mass is 9.92. The van der Waals surface area contributed by atoms with Crippen LogP contribution >= 0.6 is 11.6 Å². The highest BCUT2D eigenvalue weighted by Crippen LogP contribution is 2.34. The van der Waals surface area contributed by atoms with Crippen molar-refractivity contribution in [1.82, 2.24) is 10.6 Å². The van der Waals surface area contributed by atoms with E-state index < -0.39 is 12.1 Å². The minimum atomic E-state index is -0.704. The summed E-state index contributed by atoms with van der Waals surface area (Å²) in [6.07, 6.45) is 0. The Balaban J connectivity index is 2.58. The van der Waals surface area contributed by atoms with Crippen molar-refractivity contribution in [2.24, 2.45) is 0 Å². The summed E-state index contributed by atoms with van der Waals surface area (Å²) in [6.45, 7) is 3.05. The Hall–Kier alpha value is -2.01. The highest BCUT2D eigenvalue weighted by molar-refractivity contribution is 6.30. The van der Waals surface area contributed by atoms with Crippen LogP contribution in [0.4, 0.5) is 4.79 Å². The molecule has 1 aliphatic heterocycles. The van der Waals surface area contributed by atoms with E-state index in [2.05, 4.69) is 10.6 Å². The summed E-state index contributed by atoms with van der Waals surface area (Å²) < 4.78 is 0. The molecule has 1 aliphatic rings. The van der Waals surface area contributed by atoms with Crippen LogP contribution in [-0.4, -0.2) is 16.9 Å². The molecular formula is C13H13ClN2O3. The number of benzene rings is 1. The number of phenolic OH excluding ortho intramolecular Hbond substituents is 1. The molecular weight excluding hydrogens is 268 g/mol. The fourth-order valence-electron chi connectivity index (χ4n) is 2.15. The number of carbonyl (C=O) groups is 2. The molecule has 1 heterocycles. The lowest BCUT2D eigenvalue weighted by Gasteiger charge is -2.28. The maximum atomic E-state index is 11.7. The molecule has 100 valence electrons. The van der Waals surface area contributed by atoms with E-state index >= 15 is 0 Å². The lowest BCUT2D eigenvalue weighted by Crippen LogP contribution is -2.44. The highest BCUT2D eigenvalue weighted by atomic mass is 35.5. The van der Waals surface area contributed by atoms with Gasteiger partial charge in [-0.3, -0.25) is 4.79 Å². The van der Waals surface area contributed by atoms with Gasteiger partial charge in [-0.05, 0) is 32.0 Å². The molecule has 0 spiro atoms. The van der Waals surface area contributed by atoms with Gasteiger partial charge in [0.15, 0.2) is 5.78 Å². The SMILES string of the molecule is CC(=O)C1=C(C)NC(=O)N[C@H]1c1cc(Cl)ccc1O. The normalized spacial score (nSPS) is 18.9. The Morgan fingerprint density at radius 2 is 2.11 bits per heavy atom. The summed E-state index contributed by atoms with van der Waals surface area (Å²) in [5.74, 6) is -0.211. The standard InChI is InChI=1S/C13H13ClN2O3/c1-6-11(7(2)17)12(16-13(19)15-6)9-5-8(14)3-4-10(9)18/h3-5,12,18H,1-2H3,(H2,15,16,19)/t12-/m0/s1. The quantitative estimate of drug-likeness (QED) is 0.777. The molecule has 5 nitrogen and oxygen atoms in total. The number of nitrogens with one attached hydrogen (secondary N) is 2. The fourth-order valence-corrected chi connectivity index (χ4v) is 2.33. The summed E-state index contributed by atoms with van der Waals surface area (Å²) in [6, 6.07) is 3.37. The molecule has 6 heteroatoms. The molecule has 1 aromatic carbocycles. The number of hydrogen-bond acceptors (Lipinski definition) is 3. The van der Waals surface area contributed by atoms with Crippen molar-refractivity contribution in [3.05, 3.63) is 40.1 Å². The lowest BCUT2D eigenvalue weighted by molar-refractivity contribution is -0.114. The molecule has 0 radical (unpaired) electrons. The first-order valence-corrected chi connectivity index (χ1v) is 6.05. The van der Waals surface area contributed by atoms with Gasteiger partial charge in [0, 0.05) is 21.9 Å². The molecule has 1 atom stereocenters. The summed E-state index contributed by atoms with van der Waals surface area (Å²) in [4.78, 5) is 23.3. The maximum absolute atomic E-state index is 11.7. The second-order valence-corrected chi connectivity index (χ2v) is 4.77. The molecule has 0 saturated heterocycles. The van der Waals surface area contributed by atoms with Gasteiger partial charge in [-0.25, -0.2) is 4.79 Å². The van der Waals surface area contributed by atoms with Crippen molar-refractivity contribution in [1.29, 1.82) is 0 Å². The van der Waals surface area contributed by atoms with E-state index in [-0.39, 0.29) is 11.5 Å². The summed E-state index contributed by atoms with van der Waals surface area (Å²) in [5.41, 5.74) is 1.27. The molecule has 0 unspecified atom stereocenters. The van der Waals surface area contributed by atoms with Gasteiger partial charge >= 0.3 is 6.03 Å². The van der Waals surface area contributed by atoms with E-state index in [0.717, 1.165) is 0 Å². The van der Waals surface area contributed by atoms with Gasteiger partial charge in [-0.2, -0.15) is 0 Å². The third kappa shape index (κ3) is 2.56. The Labute approximate surface area is 115 Å². The van der Waals surface area contributed by atoms with E-state index in [1.807, 2.05) is 0 Å². The van der Waals surface area contributed by atoms with Crippen LogP contribution in [0.3, 0.4) is 0 Å². The first-order chi connectivity index (χ1) is 8.90. The van der Waals surface area contributed by atoms with Crippen LogP contribution in [0, 0.1) is 0 Å². The zero-order valence-electron chi connectivity index (χ0n) is 10.5. The number of phenols is 1. The zero-order valence-corrected chi connectivity index (χ0v) is 11.2. The number of carbonyl (C=O) groups excluding carboxylic acids is 2. The predicted molar refractivity (Wildman–Crippen MR) is 70.9 cm³/mol. The van der Waals surface area contributed by atoms with Crippen LogP contribution in [0.1, 0.15) is 25.5 Å². The number of Topliss-reactive ketones (excluding diaryl/α,β-unsaturated/α-hetero) is 1. The molecule has 2 rings (SSSR count). The van der Waals surface area contributed by atoms with E-state index in [0.29, 0.717) is 21.9 Å². The number of rotatable bonds is 2. The average molecular weight is 281 g/mol. The number of halogens is 1. The second-order valence-electron chi connectivity index (χ2n) is 4.33. The number of amides is 2. The smallest absolute Gasteiger partial charge is 0.319 e. The van der Waals surface area contributed by atoms with Crippen LogP contribution in [-0.2, 0) is 4.79 Å². The van der Waals surface area contributed by atoms with Crippen molar-refractivity contribution >= 4 is 23.4 Å². The molecule has 0 aliphatic carbocycles. The Bertz CT molecular complexity index is 596. The van der Waals surface area contributed by atoms with Crippen LogP contribution in [0.15, 0.2) is 29.5 Å². The molecule has 0 bridgehead atoms. The Morgan fingerprint density at radius 3 is 2.74 bits per heavy atom. The number of ketones is 1. The topological polar surface area (TPSA) is 78.4 Å². The molecule has 0 saturated carbocycles. The van der Waals surface area contributed by atoms with Gasteiger partial charge in [0.1, 0.15) is 5.75 Å². The summed E-state index contributed by atoms with van der Waals surface area (Å²) in [7, 11) is 0. The van der Waals surface area contributed by atoms with E-state index in [4.69, 9.17) is 11.6 Å². The molecule has 3 N–H and O–H groups in total. The van der Waals surface area contributed by atoms with Crippen LogP contribution in [0.25, 0.3) is 0 Å². The molecule has 1 aromatic rings. The van der Waals surface area contributed by atoms with Crippen LogP contribution in [0.2, 0.25) is 5.02 Å². The number of allylic oxidation sites excluding steroid dienone is 1. The minimum Gasteiger partial charge on any atom is -0.508 e. The third-order valence-corrected chi connectivity index (χ3v) is 3.18. The monoisotopic (exact) mass is 280 g/mol. The molecule has 0 aromatic heterocycles. The van der Waals surface area contributed by atoms with Crippen molar-refractivity contribution in [3.8, 4) is 5.75 Å². The zero-order chi connectivity index (χ0) is 14.2. The number of urea groups is 1. The van der Waals surface area contributed by atoms with Crippen molar-refractivity contribution < 1.29 is 14.7 Å². The number of hydrogen-bond donors (Lipinski definition) is 3. The van der Waals surface area contributed by atoms with Gasteiger partial charge in [-0.15, -0.1) is 0 Å². The second kappa shape index (κ2) is 4.93. The van der Waals surface area contributed by atoms with Gasteiger partial charge in [0.05, 0.1) is 6.04 Å². The van der Waals surface area contributed by atoms with E-state index in [1.165, 1.54) is 25.1 Å². The first-order valence-electron chi connectivity index (χ1n) is 5.67. The predicted octanol–water partition coefficient (Wildman–Crippen LogP) is 2.26. The van der Waals surface area contributed by atoms with Crippen molar-refractivity contribution in [3.63, 3.8) is 0 Å². The van der Waals surface area contributed by atoms with Gasteiger partial charge in [-0.1, -0.05) is 11.6 Å². The molecule has 0 fully saturated rings. The molecule has 19 heavy (non-hydrogen) atoms. The Kier molecular flexibility index (Phi) is 3.48. The Morgan fingerprint density at radius 1 is 1.42 bits per heavy atom. The maximum Gasteiger partial charge on any atom is 0.319 e. The van der Waals surface area contributed by atoms with Crippen molar-refractivity contribution in [2.45, 2.75) is 19.9 Å². The third-order valence-electron chi connectivity index (χ3n) is 2.95. The largest absolute Gasteiger partial charge is 0.508 e. The van der Waals surface area contributed by atoms with E-state index in [9.17, 15) is 14.7 Å². The average Bonchev–Trinajstić information content (AvgIpc) is 2.30. The van der Waals surface area contributed by atoms with E-state index in [1.54, 1.807) is 6.92 Å². The van der Waals surface area contributed by atoms with Crippen LogP contribution < -0.4 is 10.6 Å². The van der Waals surface area contributed by atoms with Crippen LogP contribution in [0.5, 0.6) is 5.75 Å². The minimum absolute atomic E-state index is 0.0249. The molecule has 2 amide bonds. The van der Waals surface area contributed by atoms with Gasteiger partial charge in [0.25, 0.3) is 0 Å². The highest BCUT2D eigenvalue weighted by Gasteiger charge is 2.30. The summed E-state index contributed by atoms with van der Waals surface area (Å²) >= 11 is 5.90. The first kappa shape index (κ1) is 13.4. The fraction of sp³-hybridized carbons (Fsp3) is 0.231. The van der Waals surface area contributed by atoms with Gasteiger partial charge < -0.3 is 15.7 Å². The summed E-state index contributed by atoms with van der Waals surface area (Å²) in [5, 5.41) is 15.5. The number of aromatic hydroxyl groups is 1.